The molecular weight excluding hydrogens is 610 g/mol. The molecule has 0 saturated carbocycles. The molecule has 8 N–H and O–H groups in total. The van der Waals surface area contributed by atoms with Gasteiger partial charge in [0.25, 0.3) is 0 Å². The van der Waals surface area contributed by atoms with Gasteiger partial charge in [0.15, 0.2) is 0 Å². The van der Waals surface area contributed by atoms with E-state index in [0.29, 0.717) is 22.6 Å². The number of amides is 4. The molecule has 43 heavy (non-hydrogen) atoms. The van der Waals surface area contributed by atoms with Crippen LogP contribution in [0.25, 0.3) is 0 Å². The van der Waals surface area contributed by atoms with Gasteiger partial charge in [0.2, 0.25) is 23.6 Å². The Morgan fingerprint density at radius 3 is 2.21 bits per heavy atom. The Balaban J connectivity index is 0.00000645. The number of carbonyl (C=O) groups excluding carboxylic acids is 4. The summed E-state index contributed by atoms with van der Waals surface area (Å²) in [5, 5.41) is 19.8. The van der Waals surface area contributed by atoms with E-state index in [4.69, 9.17) is 5.73 Å². The van der Waals surface area contributed by atoms with Gasteiger partial charge in [0.05, 0.1) is 31.4 Å². The van der Waals surface area contributed by atoms with Crippen molar-refractivity contribution in [3.8, 4) is 0 Å². The molecule has 0 fully saturated rings. The van der Waals surface area contributed by atoms with Crippen LogP contribution in [0.3, 0.4) is 0 Å². The van der Waals surface area contributed by atoms with Gasteiger partial charge in [-0.3, -0.25) is 19.2 Å². The van der Waals surface area contributed by atoms with E-state index in [-0.39, 0.29) is 42.9 Å². The number of aliphatic carboxylic acids is 1. The molecule has 0 saturated heterocycles. The number of nitrogens with two attached hydrogens (primary N) is 1. The molecule has 16 heteroatoms. The summed E-state index contributed by atoms with van der Waals surface area (Å²) in [7, 11) is 1.73. The van der Waals surface area contributed by atoms with Gasteiger partial charge in [-0.25, -0.2) is 14.8 Å². The summed E-state index contributed by atoms with van der Waals surface area (Å²) in [6.07, 6.45) is 4.63. The van der Waals surface area contributed by atoms with Crippen molar-refractivity contribution in [1.29, 1.82) is 0 Å². The Kier molecular flexibility index (Phi) is 13.5. The molecule has 3 aromatic rings. The third kappa shape index (κ3) is 10.7. The van der Waals surface area contributed by atoms with Gasteiger partial charge in [0.1, 0.15) is 18.1 Å². The largest absolute Gasteiger partial charge is 0.480 e. The number of H-pyrrole nitrogens is 1. The number of carboxylic acid groups (broad SMARTS) is 1. The van der Waals surface area contributed by atoms with Crippen LogP contribution in [-0.2, 0) is 67.4 Å². The molecule has 0 aliphatic rings. The quantitative estimate of drug-likeness (QED) is 0.0915. The number of nitrogens with one attached hydrogen (secondary N) is 5. The molecule has 235 valence electrons. The average molecular weight is 645 g/mol. The predicted octanol–water partition coefficient (Wildman–Crippen LogP) is -1.91. The maximum absolute atomic E-state index is 13.2. The van der Waals surface area contributed by atoms with E-state index in [1.165, 1.54) is 6.33 Å². The first-order valence-corrected chi connectivity index (χ1v) is 13.1. The molecule has 0 aliphatic carbocycles. The fraction of sp³-hybridized carbons (Fsp3) is 0.370. The molecular formula is C27H35CuN9O6. The zero-order chi connectivity index (χ0) is 30.6. The van der Waals surface area contributed by atoms with E-state index in [0.717, 1.165) is 0 Å². The number of aromatic amines is 1. The number of hydrogen-bond donors (Lipinski definition) is 7. The number of carbonyl (C=O) groups is 5. The molecule has 4 amide bonds. The minimum absolute atomic E-state index is 0. The van der Waals surface area contributed by atoms with Crippen LogP contribution in [0, 0.1) is 6.92 Å². The van der Waals surface area contributed by atoms with E-state index in [1.54, 1.807) is 61.4 Å². The van der Waals surface area contributed by atoms with Crippen molar-refractivity contribution in [2.45, 2.75) is 44.3 Å². The number of hydrogen-bond acceptors (Lipinski definition) is 8. The Hall–Kier alpha value is -4.53. The number of rotatable bonds is 15. The topological polar surface area (TPSA) is 226 Å². The summed E-state index contributed by atoms with van der Waals surface area (Å²) in [6.45, 7) is 0.891. The minimum Gasteiger partial charge on any atom is -0.480 e. The molecule has 0 aliphatic heterocycles. The van der Waals surface area contributed by atoms with Crippen LogP contribution >= 0.6 is 0 Å². The molecule has 0 bridgehead atoms. The van der Waals surface area contributed by atoms with Gasteiger partial charge in [0, 0.05) is 61.0 Å². The summed E-state index contributed by atoms with van der Waals surface area (Å²) in [4.78, 5) is 74.0. The van der Waals surface area contributed by atoms with E-state index >= 15 is 0 Å². The Morgan fingerprint density at radius 2 is 1.63 bits per heavy atom. The molecule has 1 radical (unpaired) electrons. The fourth-order valence-electron chi connectivity index (χ4n) is 4.11. The maximum atomic E-state index is 13.2. The van der Waals surface area contributed by atoms with Gasteiger partial charge in [-0.15, -0.1) is 0 Å². The second-order valence-electron chi connectivity index (χ2n) is 9.63. The molecule has 2 heterocycles. The molecule has 0 unspecified atom stereocenters. The molecule has 2 aromatic heterocycles. The van der Waals surface area contributed by atoms with Crippen molar-refractivity contribution in [1.82, 2.24) is 40.8 Å². The summed E-state index contributed by atoms with van der Waals surface area (Å²) in [6, 6.07) is 5.32. The predicted molar refractivity (Wildman–Crippen MR) is 150 cm³/mol. The number of carboxylic acids is 1. The maximum Gasteiger partial charge on any atom is 0.326 e. The first-order chi connectivity index (χ1) is 20.1. The second kappa shape index (κ2) is 16.8. The van der Waals surface area contributed by atoms with Crippen LogP contribution in [0.2, 0.25) is 0 Å². The first kappa shape index (κ1) is 34.7. The van der Waals surface area contributed by atoms with Gasteiger partial charge in [-0.05, 0) is 12.5 Å². The van der Waals surface area contributed by atoms with E-state index in [1.807, 2.05) is 0 Å². The summed E-state index contributed by atoms with van der Waals surface area (Å²) < 4.78 is 1.68. The van der Waals surface area contributed by atoms with Crippen molar-refractivity contribution < 1.29 is 46.1 Å². The van der Waals surface area contributed by atoms with Crippen molar-refractivity contribution in [3.63, 3.8) is 0 Å². The fourth-order valence-corrected chi connectivity index (χ4v) is 4.11. The molecule has 3 rings (SSSR count). The summed E-state index contributed by atoms with van der Waals surface area (Å²) in [5.41, 5.74) is 7.92. The van der Waals surface area contributed by atoms with Crippen molar-refractivity contribution >= 4 is 29.6 Å². The molecule has 1 aromatic carbocycles. The van der Waals surface area contributed by atoms with Crippen molar-refractivity contribution in [2.24, 2.45) is 12.8 Å². The Morgan fingerprint density at radius 1 is 0.953 bits per heavy atom. The van der Waals surface area contributed by atoms with E-state index in [2.05, 4.69) is 36.2 Å². The smallest absolute Gasteiger partial charge is 0.326 e. The minimum atomic E-state index is -1.25. The van der Waals surface area contributed by atoms with Gasteiger partial charge >= 0.3 is 5.97 Å². The zero-order valence-corrected chi connectivity index (χ0v) is 24.5. The second-order valence-corrected chi connectivity index (χ2v) is 9.63. The van der Waals surface area contributed by atoms with Crippen molar-refractivity contribution in [3.05, 3.63) is 71.8 Å². The van der Waals surface area contributed by atoms with Gasteiger partial charge in [-0.1, -0.05) is 30.3 Å². The van der Waals surface area contributed by atoms with Crippen LogP contribution in [0.5, 0.6) is 0 Å². The monoisotopic (exact) mass is 644 g/mol. The van der Waals surface area contributed by atoms with Crippen molar-refractivity contribution in [2.75, 3.05) is 13.1 Å². The number of benzene rings is 1. The van der Waals surface area contributed by atoms with Crippen LogP contribution < -0.4 is 27.0 Å². The zero-order valence-electron chi connectivity index (χ0n) is 23.6. The normalized spacial score (nSPS) is 12.6. The Bertz CT molecular complexity index is 1390. The van der Waals surface area contributed by atoms with Crippen LogP contribution in [0.4, 0.5) is 0 Å². The van der Waals surface area contributed by atoms with E-state index < -0.39 is 54.3 Å². The number of aromatic nitrogens is 4. The first-order valence-electron chi connectivity index (χ1n) is 13.1. The summed E-state index contributed by atoms with van der Waals surface area (Å²) in [5.74, 6) is -3.89. The number of aryl methyl sites for hydroxylation is 2. The Labute approximate surface area is 258 Å². The molecule has 15 nitrogen and oxygen atoms in total. The van der Waals surface area contributed by atoms with Crippen LogP contribution in [-0.4, -0.2) is 85.4 Å². The third-order valence-corrected chi connectivity index (χ3v) is 6.47. The SMILES string of the molecule is Cc1[nH]cnc1C[C@H](NC(=O)CNC(=O)[C@H](Cc1cncn1C)NC(=O)CN)C(=O)N[C@@H](Cc1ccccc1)C(=O)O.[Cu]. The molecule has 3 atom stereocenters. The summed E-state index contributed by atoms with van der Waals surface area (Å²) >= 11 is 0. The number of nitrogens with zero attached hydrogens (tertiary/aromatic N) is 3. The number of imidazole rings is 2. The van der Waals surface area contributed by atoms with E-state index in [9.17, 15) is 29.1 Å². The average Bonchev–Trinajstić information content (AvgIpc) is 3.57. The van der Waals surface area contributed by atoms with Gasteiger partial charge < -0.3 is 41.7 Å². The van der Waals surface area contributed by atoms with Crippen LogP contribution in [0.1, 0.15) is 22.6 Å². The standard InChI is InChI=1S/C27H35N9O6.Cu/c1-16-19(32-14-31-16)10-21(26(40)35-22(27(41)42)8-17-6-4-3-5-7-17)34-24(38)13-30-25(39)20(33-23(37)11-28)9-18-12-29-15-36(18)2;/h3-7,12,14-15,20-22H,8-11,13,28H2,1-2H3,(H,30,39)(H,31,32)(H,33,37)(H,34,38)(H,35,40)(H,41,42);/t20-,21-,22-;/m0./s1. The van der Waals surface area contributed by atoms with Gasteiger partial charge in [-0.2, -0.15) is 0 Å². The molecule has 0 spiro atoms. The van der Waals surface area contributed by atoms with Crippen LogP contribution in [0.15, 0.2) is 49.2 Å². The third-order valence-electron chi connectivity index (χ3n) is 6.47.